The third-order valence-corrected chi connectivity index (χ3v) is 10.1. The van der Waals surface area contributed by atoms with E-state index < -0.39 is 18.2 Å². The first-order valence-corrected chi connectivity index (χ1v) is 23.2. The van der Waals surface area contributed by atoms with E-state index in [1.54, 1.807) is 0 Å². The molecule has 0 spiro atoms. The Bertz CT molecular complexity index is 1060. The fourth-order valence-corrected chi connectivity index (χ4v) is 6.62. The van der Waals surface area contributed by atoms with Crippen molar-refractivity contribution < 1.29 is 24.5 Å². The Morgan fingerprint density at radius 1 is 0.554 bits per heavy atom. The average molecular weight is 782 g/mol. The van der Waals surface area contributed by atoms with Crippen LogP contribution in [0.25, 0.3) is 0 Å². The summed E-state index contributed by atoms with van der Waals surface area (Å²) in [5.74, 6) is -0.526. The van der Waals surface area contributed by atoms with Crippen molar-refractivity contribution in [3.8, 4) is 0 Å². The summed E-state index contributed by atoms with van der Waals surface area (Å²) in [7, 11) is 0. The molecule has 6 nitrogen and oxygen atoms in total. The Hall–Kier alpha value is -2.70. The molecular formula is C50H87NO5. The Labute approximate surface area is 345 Å². The van der Waals surface area contributed by atoms with Gasteiger partial charge in [-0.1, -0.05) is 190 Å². The Morgan fingerprint density at radius 3 is 1.66 bits per heavy atom. The van der Waals surface area contributed by atoms with Gasteiger partial charge in [0.25, 0.3) is 0 Å². The number of carbonyl (C=O) groups excluding carboxylic acids is 2. The second kappa shape index (κ2) is 43.4. The number of hydrogen-bond donors (Lipinski definition) is 3. The maximum absolute atomic E-state index is 13.1. The molecule has 0 rings (SSSR count). The lowest BCUT2D eigenvalue weighted by Gasteiger charge is -2.24. The van der Waals surface area contributed by atoms with Gasteiger partial charge in [-0.15, -0.1) is 0 Å². The van der Waals surface area contributed by atoms with Gasteiger partial charge in [0.15, 0.2) is 0 Å². The van der Waals surface area contributed by atoms with Crippen LogP contribution in [0.15, 0.2) is 72.9 Å². The van der Waals surface area contributed by atoms with Gasteiger partial charge in [0.05, 0.1) is 25.2 Å². The number of carbonyl (C=O) groups is 2. The number of esters is 1. The molecule has 0 fully saturated rings. The highest BCUT2D eigenvalue weighted by Crippen LogP contribution is 2.17. The number of aliphatic hydroxyl groups excluding tert-OH is 2. The number of aliphatic hydroxyl groups is 2. The monoisotopic (exact) mass is 782 g/mol. The van der Waals surface area contributed by atoms with E-state index in [4.69, 9.17) is 4.74 Å². The predicted molar refractivity (Wildman–Crippen MR) is 241 cm³/mol. The molecule has 0 aromatic heterocycles. The number of nitrogens with one attached hydrogen (secondary N) is 1. The maximum atomic E-state index is 13.1. The van der Waals surface area contributed by atoms with Crippen molar-refractivity contribution in [1.82, 2.24) is 5.32 Å². The normalized spacial score (nSPS) is 14.0. The zero-order valence-corrected chi connectivity index (χ0v) is 36.5. The van der Waals surface area contributed by atoms with Gasteiger partial charge in [0, 0.05) is 6.42 Å². The molecule has 3 N–H and O–H groups in total. The summed E-state index contributed by atoms with van der Waals surface area (Å²) in [4.78, 5) is 26.0. The van der Waals surface area contributed by atoms with Crippen molar-refractivity contribution >= 4 is 11.9 Å². The van der Waals surface area contributed by atoms with Gasteiger partial charge in [0.2, 0.25) is 5.91 Å². The summed E-state index contributed by atoms with van der Waals surface area (Å²) in [5.41, 5.74) is 0. The smallest absolute Gasteiger partial charge is 0.306 e. The topological polar surface area (TPSA) is 95.9 Å². The van der Waals surface area contributed by atoms with Gasteiger partial charge in [0.1, 0.15) is 6.10 Å². The van der Waals surface area contributed by atoms with Gasteiger partial charge < -0.3 is 20.3 Å². The zero-order chi connectivity index (χ0) is 41.0. The molecule has 0 saturated heterocycles. The summed E-state index contributed by atoms with van der Waals surface area (Å²) >= 11 is 0. The van der Waals surface area contributed by atoms with E-state index in [0.29, 0.717) is 19.3 Å². The van der Waals surface area contributed by atoms with Crippen molar-refractivity contribution in [2.24, 2.45) is 0 Å². The van der Waals surface area contributed by atoms with E-state index in [0.717, 1.165) is 116 Å². The number of rotatable bonds is 40. The number of ether oxygens (including phenoxy) is 1. The molecule has 0 heterocycles. The van der Waals surface area contributed by atoms with Crippen LogP contribution in [-0.2, 0) is 14.3 Å². The Morgan fingerprint density at radius 2 is 1.05 bits per heavy atom. The van der Waals surface area contributed by atoms with E-state index in [1.165, 1.54) is 44.9 Å². The Balaban J connectivity index is 4.70. The van der Waals surface area contributed by atoms with Crippen LogP contribution in [0.1, 0.15) is 207 Å². The van der Waals surface area contributed by atoms with Gasteiger partial charge >= 0.3 is 5.97 Å². The summed E-state index contributed by atoms with van der Waals surface area (Å²) < 4.78 is 5.89. The molecule has 0 aromatic rings. The first-order valence-electron chi connectivity index (χ1n) is 23.2. The minimum absolute atomic E-state index is 0.0509. The van der Waals surface area contributed by atoms with Crippen LogP contribution in [0, 0.1) is 0 Å². The molecule has 0 radical (unpaired) electrons. The van der Waals surface area contributed by atoms with Gasteiger partial charge in [-0.05, 0) is 77.0 Å². The molecule has 3 unspecified atom stereocenters. The molecular weight excluding hydrogens is 695 g/mol. The van der Waals surface area contributed by atoms with Crippen LogP contribution in [0.5, 0.6) is 0 Å². The van der Waals surface area contributed by atoms with Gasteiger partial charge in [-0.25, -0.2) is 0 Å². The fourth-order valence-electron chi connectivity index (χ4n) is 6.62. The van der Waals surface area contributed by atoms with E-state index in [2.05, 4.69) is 99.0 Å². The largest absolute Gasteiger partial charge is 0.462 e. The molecule has 56 heavy (non-hydrogen) atoms. The highest BCUT2D eigenvalue weighted by atomic mass is 16.5. The second-order valence-corrected chi connectivity index (χ2v) is 15.5. The van der Waals surface area contributed by atoms with E-state index in [9.17, 15) is 19.8 Å². The van der Waals surface area contributed by atoms with Crippen LogP contribution in [0.2, 0.25) is 0 Å². The van der Waals surface area contributed by atoms with Gasteiger partial charge in [-0.2, -0.15) is 0 Å². The molecule has 6 heteroatoms. The first kappa shape index (κ1) is 53.3. The van der Waals surface area contributed by atoms with Crippen molar-refractivity contribution in [3.63, 3.8) is 0 Å². The Kier molecular flexibility index (Phi) is 41.3. The quantitative estimate of drug-likeness (QED) is 0.0249. The zero-order valence-electron chi connectivity index (χ0n) is 36.5. The summed E-state index contributed by atoms with van der Waals surface area (Å²) in [6.45, 7) is 6.20. The standard InChI is InChI=1S/C50H87NO5/c1-4-7-10-13-16-19-22-24-26-27-29-32-35-38-41-46(56-50(55)43-40-37-34-31-28-25-23-20-17-14-11-8-5-2)44-49(54)51-47(45-52)48(53)42-39-36-33-30-21-18-15-12-9-6-3/h7-8,10-11,14,16-17,19-20,23-24,26,46-48,52-53H,4-6,9,12-13,15,18,21-22,25,27-45H2,1-3H3,(H,51,54)/b10-7+,11-8+,17-14+,19-16+,23-20-,26-24+. The van der Waals surface area contributed by atoms with E-state index in [1.807, 2.05) is 0 Å². The summed E-state index contributed by atoms with van der Waals surface area (Å²) in [6.07, 6.45) is 53.9. The number of amides is 1. The second-order valence-electron chi connectivity index (χ2n) is 15.5. The molecule has 0 bridgehead atoms. The lowest BCUT2D eigenvalue weighted by Crippen LogP contribution is -2.46. The molecule has 0 aliphatic carbocycles. The minimum Gasteiger partial charge on any atom is -0.462 e. The van der Waals surface area contributed by atoms with Crippen LogP contribution in [0.4, 0.5) is 0 Å². The predicted octanol–water partition coefficient (Wildman–Crippen LogP) is 13.4. The third kappa shape index (κ3) is 38.2. The summed E-state index contributed by atoms with van der Waals surface area (Å²) in [5, 5.41) is 23.6. The summed E-state index contributed by atoms with van der Waals surface area (Å²) in [6, 6.07) is -0.714. The number of unbranched alkanes of at least 4 members (excludes halogenated alkanes) is 18. The molecule has 0 aliphatic heterocycles. The lowest BCUT2D eigenvalue weighted by atomic mass is 10.0. The molecule has 0 saturated carbocycles. The molecule has 0 aliphatic rings. The van der Waals surface area contributed by atoms with E-state index >= 15 is 0 Å². The van der Waals surface area contributed by atoms with E-state index in [-0.39, 0.29) is 24.9 Å². The highest BCUT2D eigenvalue weighted by Gasteiger charge is 2.24. The lowest BCUT2D eigenvalue weighted by molar-refractivity contribution is -0.151. The third-order valence-electron chi connectivity index (χ3n) is 10.1. The molecule has 0 aromatic carbocycles. The maximum Gasteiger partial charge on any atom is 0.306 e. The fraction of sp³-hybridized carbons (Fsp3) is 0.720. The van der Waals surface area contributed by atoms with Crippen LogP contribution in [0.3, 0.4) is 0 Å². The first-order chi connectivity index (χ1) is 27.5. The molecule has 1 amide bonds. The van der Waals surface area contributed by atoms with Crippen LogP contribution in [-0.4, -0.2) is 46.9 Å². The highest BCUT2D eigenvalue weighted by molar-refractivity contribution is 5.77. The number of allylic oxidation sites excluding steroid dienone is 12. The molecule has 322 valence electrons. The average Bonchev–Trinajstić information content (AvgIpc) is 3.19. The van der Waals surface area contributed by atoms with Crippen molar-refractivity contribution in [2.75, 3.05) is 6.61 Å². The van der Waals surface area contributed by atoms with Crippen molar-refractivity contribution in [3.05, 3.63) is 72.9 Å². The van der Waals surface area contributed by atoms with Crippen LogP contribution < -0.4 is 5.32 Å². The van der Waals surface area contributed by atoms with Crippen LogP contribution >= 0.6 is 0 Å². The van der Waals surface area contributed by atoms with Crippen molar-refractivity contribution in [1.29, 1.82) is 0 Å². The minimum atomic E-state index is -0.798. The van der Waals surface area contributed by atoms with Gasteiger partial charge in [-0.3, -0.25) is 9.59 Å². The van der Waals surface area contributed by atoms with Crippen molar-refractivity contribution in [2.45, 2.75) is 225 Å². The number of hydrogen-bond acceptors (Lipinski definition) is 5. The SMILES string of the molecule is CC/C=C/C=C/C=C\CCCCCCCC(=O)OC(CCCCCC/C=C/C/C=C/C/C=C/CC)CC(=O)NC(CO)C(O)CCCCCCCCCCCC. The molecule has 3 atom stereocenters.